The van der Waals surface area contributed by atoms with Crippen LogP contribution >= 0.6 is 22.9 Å². The number of carbonyl (C=O) groups is 1. The molecular formula is C18H19ClN6O2S. The highest BCUT2D eigenvalue weighted by atomic mass is 35.5. The van der Waals surface area contributed by atoms with Gasteiger partial charge in [-0.1, -0.05) is 35.1 Å². The van der Waals surface area contributed by atoms with Crippen LogP contribution in [-0.2, 0) is 6.54 Å². The maximum absolute atomic E-state index is 12.6. The van der Waals surface area contributed by atoms with E-state index in [9.17, 15) is 4.79 Å². The van der Waals surface area contributed by atoms with Crippen LogP contribution in [0.3, 0.4) is 0 Å². The van der Waals surface area contributed by atoms with E-state index in [1.807, 2.05) is 24.3 Å². The van der Waals surface area contributed by atoms with E-state index in [-0.39, 0.29) is 6.03 Å². The fourth-order valence-corrected chi connectivity index (χ4v) is 3.98. The van der Waals surface area contributed by atoms with E-state index in [0.29, 0.717) is 34.4 Å². The van der Waals surface area contributed by atoms with Crippen molar-refractivity contribution >= 4 is 44.4 Å². The molecule has 4 rings (SSSR count). The number of nitrogens with zero attached hydrogens (tertiary/aromatic N) is 5. The third-order valence-corrected chi connectivity index (χ3v) is 5.68. The number of methoxy groups -OCH3 is 1. The first kappa shape index (κ1) is 18.9. The number of hydrogen-bond acceptors (Lipinski definition) is 7. The molecule has 0 radical (unpaired) electrons. The predicted octanol–water partition coefficient (Wildman–Crippen LogP) is 3.10. The fourth-order valence-electron chi connectivity index (χ4n) is 3.06. The molecule has 3 aromatic rings. The van der Waals surface area contributed by atoms with Crippen molar-refractivity contribution in [1.82, 2.24) is 24.8 Å². The highest BCUT2D eigenvalue weighted by molar-refractivity contribution is 7.22. The minimum Gasteiger partial charge on any atom is -0.479 e. The standard InChI is InChI=1S/C18H19ClN6O2S/c1-27-15-14-16(21-11-20-15)28-17(22-14)23-18(26)25-8-6-24(7-9-25)10-12-2-4-13(19)5-3-12/h2-5,11H,6-10H2,1H3,(H,22,23,26). The molecule has 0 spiro atoms. The SMILES string of the molecule is COc1ncnc2sc(NC(=O)N3CCN(Cc4ccc(Cl)cc4)CC3)nc12. The van der Waals surface area contributed by atoms with Crippen LogP contribution in [0.4, 0.5) is 9.93 Å². The predicted molar refractivity (Wildman–Crippen MR) is 109 cm³/mol. The van der Waals surface area contributed by atoms with E-state index in [4.69, 9.17) is 16.3 Å². The third kappa shape index (κ3) is 4.16. The molecule has 0 aliphatic carbocycles. The van der Waals surface area contributed by atoms with Gasteiger partial charge >= 0.3 is 6.03 Å². The summed E-state index contributed by atoms with van der Waals surface area (Å²) in [7, 11) is 1.53. The molecular weight excluding hydrogens is 400 g/mol. The Balaban J connectivity index is 1.33. The zero-order valence-electron chi connectivity index (χ0n) is 15.3. The number of urea groups is 1. The molecule has 2 aromatic heterocycles. The van der Waals surface area contributed by atoms with Crippen molar-refractivity contribution in [3.8, 4) is 5.88 Å². The molecule has 3 heterocycles. The summed E-state index contributed by atoms with van der Waals surface area (Å²) in [6, 6.07) is 7.71. The Bertz CT molecular complexity index is 972. The maximum Gasteiger partial charge on any atom is 0.323 e. The molecule has 8 nitrogen and oxygen atoms in total. The van der Waals surface area contributed by atoms with Crippen molar-refractivity contribution in [3.63, 3.8) is 0 Å². The highest BCUT2D eigenvalue weighted by Crippen LogP contribution is 2.29. The summed E-state index contributed by atoms with van der Waals surface area (Å²) < 4.78 is 5.19. The molecule has 1 aliphatic rings. The number of ether oxygens (including phenoxy) is 1. The Morgan fingerprint density at radius 3 is 2.68 bits per heavy atom. The van der Waals surface area contributed by atoms with Gasteiger partial charge in [0.15, 0.2) is 15.5 Å². The van der Waals surface area contributed by atoms with Crippen LogP contribution in [0.1, 0.15) is 5.56 Å². The van der Waals surface area contributed by atoms with Crippen molar-refractivity contribution in [3.05, 3.63) is 41.2 Å². The summed E-state index contributed by atoms with van der Waals surface area (Å²) in [5.74, 6) is 0.401. The molecule has 1 saturated heterocycles. The lowest BCUT2D eigenvalue weighted by atomic mass is 10.2. The highest BCUT2D eigenvalue weighted by Gasteiger charge is 2.22. The smallest absolute Gasteiger partial charge is 0.323 e. The number of fused-ring (bicyclic) bond motifs is 1. The molecule has 0 unspecified atom stereocenters. The Morgan fingerprint density at radius 2 is 1.96 bits per heavy atom. The first-order valence-corrected chi connectivity index (χ1v) is 10.00. The van der Waals surface area contributed by atoms with Gasteiger partial charge in [0.2, 0.25) is 5.88 Å². The van der Waals surface area contributed by atoms with Crippen LogP contribution in [-0.4, -0.2) is 64.1 Å². The minimum atomic E-state index is -0.155. The van der Waals surface area contributed by atoms with Gasteiger partial charge < -0.3 is 9.64 Å². The number of thiazole rings is 1. The van der Waals surface area contributed by atoms with Gasteiger partial charge in [-0.3, -0.25) is 10.2 Å². The Hall–Kier alpha value is -2.49. The van der Waals surface area contributed by atoms with Crippen LogP contribution in [0.5, 0.6) is 5.88 Å². The molecule has 146 valence electrons. The van der Waals surface area contributed by atoms with Crippen molar-refractivity contribution in [2.24, 2.45) is 0 Å². The van der Waals surface area contributed by atoms with E-state index >= 15 is 0 Å². The molecule has 1 aromatic carbocycles. The van der Waals surface area contributed by atoms with Gasteiger partial charge in [0.1, 0.15) is 6.33 Å². The number of halogens is 1. The van der Waals surface area contributed by atoms with Gasteiger partial charge in [-0.05, 0) is 17.7 Å². The summed E-state index contributed by atoms with van der Waals surface area (Å²) in [5.41, 5.74) is 1.77. The summed E-state index contributed by atoms with van der Waals surface area (Å²) >= 11 is 7.23. The molecule has 0 saturated carbocycles. The van der Waals surface area contributed by atoms with E-state index in [0.717, 1.165) is 24.7 Å². The van der Waals surface area contributed by atoms with Gasteiger partial charge in [0, 0.05) is 37.7 Å². The number of hydrogen-bond donors (Lipinski definition) is 1. The van der Waals surface area contributed by atoms with E-state index < -0.39 is 0 Å². The second-order valence-corrected chi connectivity index (χ2v) is 7.79. The molecule has 0 atom stereocenters. The average Bonchev–Trinajstić information content (AvgIpc) is 3.12. The summed E-state index contributed by atoms with van der Waals surface area (Å²) in [6.45, 7) is 3.80. The first-order valence-electron chi connectivity index (χ1n) is 8.80. The van der Waals surface area contributed by atoms with Gasteiger partial charge in [-0.2, -0.15) is 4.98 Å². The molecule has 1 aliphatic heterocycles. The van der Waals surface area contributed by atoms with Gasteiger partial charge in [-0.25, -0.2) is 14.8 Å². The zero-order valence-corrected chi connectivity index (χ0v) is 16.8. The average molecular weight is 419 g/mol. The Morgan fingerprint density at radius 1 is 1.21 bits per heavy atom. The summed E-state index contributed by atoms with van der Waals surface area (Å²) in [6.07, 6.45) is 1.42. The number of nitrogens with one attached hydrogen (secondary N) is 1. The number of aromatic nitrogens is 3. The van der Waals surface area contributed by atoms with Gasteiger partial charge in [-0.15, -0.1) is 0 Å². The van der Waals surface area contributed by atoms with Crippen LogP contribution in [0.25, 0.3) is 10.3 Å². The Kier molecular flexibility index (Phi) is 5.56. The van der Waals surface area contributed by atoms with Crippen LogP contribution in [0.2, 0.25) is 5.02 Å². The molecule has 0 bridgehead atoms. The normalized spacial score (nSPS) is 15.0. The lowest BCUT2D eigenvalue weighted by Gasteiger charge is -2.34. The maximum atomic E-state index is 12.6. The number of anilines is 1. The molecule has 1 fully saturated rings. The number of amides is 2. The number of carbonyl (C=O) groups excluding carboxylic acids is 1. The lowest BCUT2D eigenvalue weighted by Crippen LogP contribution is -2.49. The monoisotopic (exact) mass is 418 g/mol. The van der Waals surface area contributed by atoms with Crippen LogP contribution in [0, 0.1) is 0 Å². The number of benzene rings is 1. The van der Waals surface area contributed by atoms with E-state index in [1.165, 1.54) is 30.3 Å². The number of piperazine rings is 1. The third-order valence-electron chi connectivity index (χ3n) is 4.55. The largest absolute Gasteiger partial charge is 0.479 e. The molecule has 28 heavy (non-hydrogen) atoms. The number of rotatable bonds is 4. The zero-order chi connectivity index (χ0) is 19.5. The molecule has 10 heteroatoms. The summed E-state index contributed by atoms with van der Waals surface area (Å²) in [4.78, 5) is 30.0. The Labute approximate surface area is 171 Å². The van der Waals surface area contributed by atoms with Crippen LogP contribution < -0.4 is 10.1 Å². The second-order valence-electron chi connectivity index (χ2n) is 6.38. The van der Waals surface area contributed by atoms with Gasteiger partial charge in [0.05, 0.1) is 7.11 Å². The fraction of sp³-hybridized carbons (Fsp3) is 0.333. The van der Waals surface area contributed by atoms with Gasteiger partial charge in [0.25, 0.3) is 0 Å². The van der Waals surface area contributed by atoms with Crippen LogP contribution in [0.15, 0.2) is 30.6 Å². The molecule has 1 N–H and O–H groups in total. The van der Waals surface area contributed by atoms with Crippen molar-refractivity contribution < 1.29 is 9.53 Å². The van der Waals surface area contributed by atoms with Crippen molar-refractivity contribution in [1.29, 1.82) is 0 Å². The minimum absolute atomic E-state index is 0.155. The summed E-state index contributed by atoms with van der Waals surface area (Å²) in [5, 5.41) is 4.09. The molecule has 2 amide bonds. The quantitative estimate of drug-likeness (QED) is 0.701. The van der Waals surface area contributed by atoms with Crippen molar-refractivity contribution in [2.75, 3.05) is 38.6 Å². The van der Waals surface area contributed by atoms with Crippen molar-refractivity contribution in [2.45, 2.75) is 6.54 Å². The van der Waals surface area contributed by atoms with E-state index in [1.54, 1.807) is 4.90 Å². The van der Waals surface area contributed by atoms with E-state index in [2.05, 4.69) is 25.2 Å². The first-order chi connectivity index (χ1) is 13.6. The lowest BCUT2D eigenvalue weighted by molar-refractivity contribution is 0.143. The second kappa shape index (κ2) is 8.26. The topological polar surface area (TPSA) is 83.5 Å².